The largest absolute Gasteiger partial charge is 0.514 e. The van der Waals surface area contributed by atoms with Crippen LogP contribution in [0, 0.1) is 0 Å². The predicted octanol–water partition coefficient (Wildman–Crippen LogP) is 6.71. The molecule has 0 fully saturated rings. The zero-order valence-corrected chi connectivity index (χ0v) is 26.4. The normalized spacial score (nSPS) is 14.2. The smallest absolute Gasteiger partial charge is 0.480 e. The van der Waals surface area contributed by atoms with E-state index in [-0.39, 0.29) is 17.9 Å². The lowest BCUT2D eigenvalue weighted by Crippen LogP contribution is -2.38. The molecule has 3 N–H and O–H groups in total. The van der Waals surface area contributed by atoms with Crippen molar-refractivity contribution < 1.29 is 52.7 Å². The van der Waals surface area contributed by atoms with Gasteiger partial charge in [0.05, 0.1) is 0 Å². The average Bonchev–Trinajstić information content (AvgIpc) is 2.86. The maximum atomic E-state index is 12.7. The minimum absolute atomic E-state index is 0.0190. The van der Waals surface area contributed by atoms with Crippen molar-refractivity contribution in [3.8, 4) is 11.5 Å². The predicted molar refractivity (Wildman–Crippen MR) is 154 cm³/mol. The molecule has 0 aliphatic rings. The van der Waals surface area contributed by atoms with E-state index in [0.717, 1.165) is 0 Å². The molecule has 2 unspecified atom stereocenters. The van der Waals surface area contributed by atoms with Gasteiger partial charge in [0.15, 0.2) is 11.5 Å². The number of ether oxygens (including phenoxy) is 6. The number of benzene rings is 1. The fourth-order valence-corrected chi connectivity index (χ4v) is 3.29. The van der Waals surface area contributed by atoms with Crippen LogP contribution in [0.15, 0.2) is 18.2 Å². The number of aliphatic carboxylic acids is 1. The molecule has 3 atom stereocenters. The number of carbonyl (C=O) groups excluding carboxylic acids is 3. The lowest BCUT2D eigenvalue weighted by atomic mass is 9.87. The third-order valence-electron chi connectivity index (χ3n) is 7.02. The van der Waals surface area contributed by atoms with Crippen LogP contribution in [-0.2, 0) is 23.7 Å². The Kier molecular flexibility index (Phi) is 13.1. The molecule has 0 aromatic heterocycles. The third kappa shape index (κ3) is 12.1. The highest BCUT2D eigenvalue weighted by atomic mass is 16.8. The zero-order chi connectivity index (χ0) is 32.5. The van der Waals surface area contributed by atoms with Gasteiger partial charge in [0.1, 0.15) is 28.9 Å². The van der Waals surface area contributed by atoms with Gasteiger partial charge >= 0.3 is 24.4 Å². The van der Waals surface area contributed by atoms with E-state index in [1.54, 1.807) is 48.5 Å². The number of nitrogens with two attached hydrogens (primary N) is 1. The van der Waals surface area contributed by atoms with Gasteiger partial charge in [-0.2, -0.15) is 0 Å². The minimum Gasteiger partial charge on any atom is -0.480 e. The van der Waals surface area contributed by atoms with E-state index >= 15 is 0 Å². The number of hydrogen-bond acceptors (Lipinski definition) is 11. The first-order valence-corrected chi connectivity index (χ1v) is 14.1. The lowest BCUT2D eigenvalue weighted by molar-refractivity contribution is -0.139. The van der Waals surface area contributed by atoms with Gasteiger partial charge in [0.2, 0.25) is 0 Å². The molecule has 0 saturated carbocycles. The molecular formula is C30H47NO11. The summed E-state index contributed by atoms with van der Waals surface area (Å²) in [5.74, 6) is -2.62. The van der Waals surface area contributed by atoms with E-state index in [0.29, 0.717) is 24.8 Å². The second kappa shape index (κ2) is 15.1. The van der Waals surface area contributed by atoms with Crippen molar-refractivity contribution in [1.82, 2.24) is 0 Å². The molecular weight excluding hydrogens is 550 g/mol. The van der Waals surface area contributed by atoms with Gasteiger partial charge in [-0.15, -0.1) is 0 Å². The van der Waals surface area contributed by atoms with Crippen LogP contribution in [0.1, 0.15) is 106 Å². The SMILES string of the molecule is CCC(C)(C)OC(=O)Oc1ccc(C(CC(C)OC(=O)OC(C)(C)CC)[C@H](N)C(=O)O)cc1OC(=O)OC(C)(C)CC. The highest BCUT2D eigenvalue weighted by Crippen LogP contribution is 2.36. The van der Waals surface area contributed by atoms with Crippen LogP contribution in [-0.4, -0.2) is 58.5 Å². The van der Waals surface area contributed by atoms with Crippen LogP contribution in [0.3, 0.4) is 0 Å². The number of carbonyl (C=O) groups is 4. The lowest BCUT2D eigenvalue weighted by Gasteiger charge is -2.27. The molecule has 42 heavy (non-hydrogen) atoms. The van der Waals surface area contributed by atoms with Crippen molar-refractivity contribution in [2.75, 3.05) is 0 Å². The van der Waals surface area contributed by atoms with Crippen LogP contribution in [0.5, 0.6) is 11.5 Å². The highest BCUT2D eigenvalue weighted by molar-refractivity contribution is 5.75. The van der Waals surface area contributed by atoms with Crippen molar-refractivity contribution in [2.45, 2.75) is 130 Å². The fourth-order valence-electron chi connectivity index (χ4n) is 3.29. The summed E-state index contributed by atoms with van der Waals surface area (Å²) in [7, 11) is 0. The Balaban J connectivity index is 3.41. The van der Waals surface area contributed by atoms with Gasteiger partial charge in [-0.05, 0) is 91.8 Å². The van der Waals surface area contributed by atoms with Gasteiger partial charge in [0.25, 0.3) is 0 Å². The molecule has 0 spiro atoms. The summed E-state index contributed by atoms with van der Waals surface area (Å²) in [6.45, 7) is 17.4. The highest BCUT2D eigenvalue weighted by Gasteiger charge is 2.32. The summed E-state index contributed by atoms with van der Waals surface area (Å²) in [6, 6.07) is 2.70. The molecule has 0 aliphatic heterocycles. The minimum atomic E-state index is -1.43. The van der Waals surface area contributed by atoms with Crippen molar-refractivity contribution in [3.05, 3.63) is 23.8 Å². The van der Waals surface area contributed by atoms with Gasteiger partial charge in [-0.25, -0.2) is 14.4 Å². The Morgan fingerprint density at radius 2 is 1.19 bits per heavy atom. The first kappa shape index (κ1) is 36.5. The molecule has 0 bridgehead atoms. The monoisotopic (exact) mass is 597 g/mol. The molecule has 12 heteroatoms. The van der Waals surface area contributed by atoms with Gasteiger partial charge in [-0.3, -0.25) is 4.79 Å². The van der Waals surface area contributed by atoms with E-state index in [9.17, 15) is 24.3 Å². The molecule has 0 radical (unpaired) electrons. The quantitative estimate of drug-likeness (QED) is 0.132. The number of carboxylic acids is 1. The molecule has 0 saturated heterocycles. The maximum absolute atomic E-state index is 12.7. The summed E-state index contributed by atoms with van der Waals surface area (Å²) in [5, 5.41) is 9.72. The van der Waals surface area contributed by atoms with Gasteiger partial charge in [-0.1, -0.05) is 26.8 Å². The summed E-state index contributed by atoms with van der Waals surface area (Å²) in [5.41, 5.74) is 3.95. The molecule has 0 aliphatic carbocycles. The van der Waals surface area contributed by atoms with Crippen molar-refractivity contribution in [2.24, 2.45) is 5.73 Å². The summed E-state index contributed by atoms with van der Waals surface area (Å²) in [6.07, 6.45) is -2.26. The molecule has 238 valence electrons. The van der Waals surface area contributed by atoms with Crippen LogP contribution >= 0.6 is 0 Å². The second-order valence-corrected chi connectivity index (χ2v) is 11.9. The molecule has 0 amide bonds. The van der Waals surface area contributed by atoms with E-state index in [2.05, 4.69) is 0 Å². The fraction of sp³-hybridized carbons (Fsp3) is 0.667. The average molecular weight is 598 g/mol. The second-order valence-electron chi connectivity index (χ2n) is 11.9. The van der Waals surface area contributed by atoms with E-state index in [4.69, 9.17) is 34.2 Å². The van der Waals surface area contributed by atoms with Crippen LogP contribution in [0.25, 0.3) is 0 Å². The van der Waals surface area contributed by atoms with Gasteiger partial charge < -0.3 is 39.3 Å². The molecule has 1 aromatic carbocycles. The van der Waals surface area contributed by atoms with Crippen LogP contribution in [0.2, 0.25) is 0 Å². The Hall–Kier alpha value is -3.54. The van der Waals surface area contributed by atoms with Crippen molar-refractivity contribution >= 4 is 24.4 Å². The van der Waals surface area contributed by atoms with E-state index in [1.165, 1.54) is 18.2 Å². The number of carboxylic acid groups (broad SMARTS) is 1. The van der Waals surface area contributed by atoms with E-state index < -0.39 is 59.3 Å². The number of rotatable bonds is 14. The topological polar surface area (TPSA) is 170 Å². The Morgan fingerprint density at radius 3 is 1.62 bits per heavy atom. The van der Waals surface area contributed by atoms with Crippen molar-refractivity contribution in [1.29, 1.82) is 0 Å². The summed E-state index contributed by atoms with van der Waals surface area (Å²) in [4.78, 5) is 49.4. The third-order valence-corrected chi connectivity index (χ3v) is 7.02. The molecule has 12 nitrogen and oxygen atoms in total. The Bertz CT molecular complexity index is 1100. The molecule has 1 rings (SSSR count). The van der Waals surface area contributed by atoms with Gasteiger partial charge in [0, 0.05) is 5.92 Å². The molecule has 1 aromatic rings. The Labute approximate surface area is 248 Å². The van der Waals surface area contributed by atoms with Crippen LogP contribution in [0.4, 0.5) is 14.4 Å². The number of hydrogen-bond donors (Lipinski definition) is 2. The molecule has 0 heterocycles. The first-order chi connectivity index (χ1) is 19.2. The van der Waals surface area contributed by atoms with E-state index in [1.807, 2.05) is 20.8 Å². The summed E-state index contributed by atoms with van der Waals surface area (Å²) >= 11 is 0. The van der Waals surface area contributed by atoms with Crippen molar-refractivity contribution in [3.63, 3.8) is 0 Å². The maximum Gasteiger partial charge on any atom is 0.514 e. The first-order valence-electron chi connectivity index (χ1n) is 14.1. The zero-order valence-electron chi connectivity index (χ0n) is 26.4. The van der Waals surface area contributed by atoms with Crippen LogP contribution < -0.4 is 15.2 Å². The standard InChI is InChI=1S/C30H47NO11/c1-11-28(5,6)40-25(34)37-18(4)16-20(23(31)24(32)33)19-14-15-21(38-26(35)41-29(7,8)12-2)22(17-19)39-27(36)42-30(9,10)13-3/h14-15,17-18,20,23H,11-13,16,31H2,1-10H3,(H,32,33)/t18?,20?,23-/m0/s1. The Morgan fingerprint density at radius 1 is 0.762 bits per heavy atom. The summed E-state index contributed by atoms with van der Waals surface area (Å²) < 4.78 is 32.2.